The summed E-state index contributed by atoms with van der Waals surface area (Å²) in [4.78, 5) is 23.6. The van der Waals surface area contributed by atoms with E-state index >= 15 is 0 Å². The van der Waals surface area contributed by atoms with Gasteiger partial charge in [0.25, 0.3) is 5.91 Å². The number of sulfone groups is 1. The van der Waals surface area contributed by atoms with E-state index in [-0.39, 0.29) is 16.6 Å². The molecule has 3 aromatic rings. The second kappa shape index (κ2) is 10.8. The quantitative estimate of drug-likeness (QED) is 0.380. The minimum atomic E-state index is -3.31. The van der Waals surface area contributed by atoms with Crippen LogP contribution in [0.3, 0.4) is 0 Å². The van der Waals surface area contributed by atoms with Crippen LogP contribution >= 0.6 is 23.1 Å². The van der Waals surface area contributed by atoms with Crippen molar-refractivity contribution in [1.82, 2.24) is 9.88 Å². The molecule has 1 aromatic heterocycles. The lowest BCUT2D eigenvalue weighted by Gasteiger charge is -2.24. The van der Waals surface area contributed by atoms with Crippen molar-refractivity contribution in [2.75, 3.05) is 43.1 Å². The van der Waals surface area contributed by atoms with Crippen LogP contribution in [-0.2, 0) is 9.84 Å². The van der Waals surface area contributed by atoms with Gasteiger partial charge in [-0.1, -0.05) is 38.2 Å². The number of amides is 1. The summed E-state index contributed by atoms with van der Waals surface area (Å²) in [5.41, 5.74) is 1.36. The number of benzene rings is 2. The van der Waals surface area contributed by atoms with E-state index < -0.39 is 9.84 Å². The monoisotopic (exact) mass is 491 g/mol. The van der Waals surface area contributed by atoms with Crippen LogP contribution in [0.4, 0.5) is 5.13 Å². The molecule has 32 heavy (non-hydrogen) atoms. The van der Waals surface area contributed by atoms with Crippen molar-refractivity contribution < 1.29 is 13.2 Å². The van der Waals surface area contributed by atoms with Gasteiger partial charge in [-0.15, -0.1) is 11.8 Å². The Balaban J connectivity index is 1.98. The van der Waals surface area contributed by atoms with Crippen LogP contribution in [-0.4, -0.2) is 62.4 Å². The Hall–Kier alpha value is -1.94. The lowest BCUT2D eigenvalue weighted by atomic mass is 10.2. The molecule has 0 bridgehead atoms. The minimum Gasteiger partial charge on any atom is -0.302 e. The van der Waals surface area contributed by atoms with Crippen LogP contribution in [0.15, 0.2) is 52.3 Å². The molecule has 0 saturated heterocycles. The lowest BCUT2D eigenvalue weighted by molar-refractivity contribution is 0.0983. The zero-order valence-corrected chi connectivity index (χ0v) is 21.3. The molecule has 6 nitrogen and oxygen atoms in total. The predicted octanol–water partition coefficient (Wildman–Crippen LogP) is 4.80. The number of aromatic nitrogens is 1. The molecule has 9 heteroatoms. The third-order valence-corrected chi connectivity index (χ3v) is 9.00. The molecule has 0 aliphatic rings. The van der Waals surface area contributed by atoms with Gasteiger partial charge in [-0.2, -0.15) is 0 Å². The molecule has 0 atom stereocenters. The fourth-order valence-electron chi connectivity index (χ4n) is 3.38. The lowest BCUT2D eigenvalue weighted by Crippen LogP contribution is -2.38. The van der Waals surface area contributed by atoms with Crippen molar-refractivity contribution in [3.05, 3.63) is 48.0 Å². The molecule has 0 saturated carbocycles. The van der Waals surface area contributed by atoms with Crippen molar-refractivity contribution in [3.8, 4) is 0 Å². The molecular formula is C23H29N3O3S3. The smallest absolute Gasteiger partial charge is 0.260 e. The molecule has 1 amide bonds. The molecule has 3 rings (SSSR count). The number of para-hydroxylation sites is 1. The minimum absolute atomic E-state index is 0.0275. The molecule has 1 heterocycles. The van der Waals surface area contributed by atoms with Gasteiger partial charge >= 0.3 is 0 Å². The first kappa shape index (κ1) is 24.7. The number of anilines is 1. The second-order valence-electron chi connectivity index (χ2n) is 7.21. The van der Waals surface area contributed by atoms with E-state index in [4.69, 9.17) is 4.98 Å². The summed E-state index contributed by atoms with van der Waals surface area (Å²) in [5, 5.41) is 0.656. The van der Waals surface area contributed by atoms with Gasteiger partial charge in [0, 0.05) is 23.5 Å². The fourth-order valence-corrected chi connectivity index (χ4v) is 5.91. The Morgan fingerprint density at radius 3 is 2.31 bits per heavy atom. The number of hydrogen-bond acceptors (Lipinski definition) is 7. The summed E-state index contributed by atoms with van der Waals surface area (Å²) in [6.45, 7) is 8.85. The van der Waals surface area contributed by atoms with E-state index in [1.54, 1.807) is 35.7 Å². The van der Waals surface area contributed by atoms with Gasteiger partial charge in [-0.05, 0) is 55.7 Å². The van der Waals surface area contributed by atoms with Crippen LogP contribution in [0.2, 0.25) is 0 Å². The number of carbonyl (C=O) groups is 1. The average molecular weight is 492 g/mol. The predicted molar refractivity (Wildman–Crippen MR) is 135 cm³/mol. The Kier molecular flexibility index (Phi) is 8.32. The standard InChI is InChI=1S/C23H29N3O3S3/c1-5-25(6-2)15-16-26(23-24-21-19(30-4)9-8-10-20(21)31-23)22(27)17-11-13-18(14-12-17)32(28,29)7-3/h8-14H,5-7,15-16H2,1-4H3. The summed E-state index contributed by atoms with van der Waals surface area (Å²) in [6.07, 6.45) is 2.02. The summed E-state index contributed by atoms with van der Waals surface area (Å²) >= 11 is 3.14. The number of rotatable bonds is 10. The van der Waals surface area contributed by atoms with Gasteiger partial charge in [-0.3, -0.25) is 9.69 Å². The zero-order chi connectivity index (χ0) is 23.3. The first-order valence-electron chi connectivity index (χ1n) is 10.6. The first-order valence-corrected chi connectivity index (χ1v) is 14.3. The molecular weight excluding hydrogens is 462 g/mol. The first-order chi connectivity index (χ1) is 15.3. The van der Waals surface area contributed by atoms with Crippen LogP contribution in [0, 0.1) is 0 Å². The normalized spacial score (nSPS) is 11.9. The van der Waals surface area contributed by atoms with Gasteiger partial charge in [0.1, 0.15) is 0 Å². The molecule has 0 unspecified atom stereocenters. The highest BCUT2D eigenvalue weighted by molar-refractivity contribution is 7.98. The summed E-state index contributed by atoms with van der Waals surface area (Å²) < 4.78 is 25.3. The van der Waals surface area contributed by atoms with Gasteiger partial charge in [-0.25, -0.2) is 13.4 Å². The molecule has 0 spiro atoms. The number of carbonyl (C=O) groups excluding carboxylic acids is 1. The number of thiazole rings is 1. The highest BCUT2D eigenvalue weighted by atomic mass is 32.2. The second-order valence-corrected chi connectivity index (χ2v) is 11.4. The number of likely N-dealkylation sites (N-methyl/N-ethyl adjacent to an activating group) is 1. The topological polar surface area (TPSA) is 70.6 Å². The van der Waals surface area contributed by atoms with Gasteiger partial charge in [0.05, 0.1) is 20.9 Å². The average Bonchev–Trinajstić information content (AvgIpc) is 3.25. The number of nitrogens with zero attached hydrogens (tertiary/aromatic N) is 3. The molecule has 0 N–H and O–H groups in total. The molecule has 0 fully saturated rings. The van der Waals surface area contributed by atoms with E-state index in [2.05, 4.69) is 18.7 Å². The summed E-state index contributed by atoms with van der Waals surface area (Å²) in [5.74, 6) is -0.151. The third-order valence-electron chi connectivity index (χ3n) is 5.44. The van der Waals surface area contributed by atoms with E-state index in [9.17, 15) is 13.2 Å². The van der Waals surface area contributed by atoms with Crippen LogP contribution in [0.25, 0.3) is 10.2 Å². The van der Waals surface area contributed by atoms with Gasteiger partial charge in [0.2, 0.25) is 0 Å². The molecule has 0 radical (unpaired) electrons. The SMILES string of the molecule is CCN(CC)CCN(C(=O)c1ccc(S(=O)(=O)CC)cc1)c1nc2c(SC)cccc2s1. The Morgan fingerprint density at radius 2 is 1.72 bits per heavy atom. The molecule has 0 aliphatic heterocycles. The largest absolute Gasteiger partial charge is 0.302 e. The van der Waals surface area contributed by atoms with Crippen molar-refractivity contribution in [3.63, 3.8) is 0 Å². The van der Waals surface area contributed by atoms with E-state index in [1.165, 1.54) is 23.5 Å². The van der Waals surface area contributed by atoms with Gasteiger partial charge in [0.15, 0.2) is 15.0 Å². The van der Waals surface area contributed by atoms with E-state index in [1.807, 2.05) is 24.5 Å². The molecule has 0 aliphatic carbocycles. The van der Waals surface area contributed by atoms with E-state index in [0.29, 0.717) is 17.2 Å². The maximum Gasteiger partial charge on any atom is 0.260 e. The highest BCUT2D eigenvalue weighted by Gasteiger charge is 2.23. The highest BCUT2D eigenvalue weighted by Crippen LogP contribution is 2.34. The summed E-state index contributed by atoms with van der Waals surface area (Å²) in [6, 6.07) is 12.3. The van der Waals surface area contributed by atoms with Crippen molar-refractivity contribution >= 4 is 54.2 Å². The number of fused-ring (bicyclic) bond motifs is 1. The Morgan fingerprint density at radius 1 is 1.03 bits per heavy atom. The number of thioether (sulfide) groups is 1. The fraction of sp³-hybridized carbons (Fsp3) is 0.391. The Bertz CT molecular complexity index is 1170. The molecule has 172 valence electrons. The van der Waals surface area contributed by atoms with Crippen molar-refractivity contribution in [1.29, 1.82) is 0 Å². The van der Waals surface area contributed by atoms with Crippen molar-refractivity contribution in [2.24, 2.45) is 0 Å². The maximum atomic E-state index is 13.5. The van der Waals surface area contributed by atoms with Crippen LogP contribution in [0.5, 0.6) is 0 Å². The number of hydrogen-bond donors (Lipinski definition) is 0. The maximum absolute atomic E-state index is 13.5. The van der Waals surface area contributed by atoms with Gasteiger partial charge < -0.3 is 4.90 Å². The van der Waals surface area contributed by atoms with Crippen LogP contribution in [0.1, 0.15) is 31.1 Å². The van der Waals surface area contributed by atoms with Crippen molar-refractivity contribution in [2.45, 2.75) is 30.6 Å². The molecule has 2 aromatic carbocycles. The Labute approximate surface area is 198 Å². The van der Waals surface area contributed by atoms with E-state index in [0.717, 1.165) is 34.7 Å². The summed E-state index contributed by atoms with van der Waals surface area (Å²) in [7, 11) is -3.31. The third kappa shape index (κ3) is 5.33. The zero-order valence-electron chi connectivity index (χ0n) is 18.9. The van der Waals surface area contributed by atoms with Crippen LogP contribution < -0.4 is 4.90 Å².